The minimum atomic E-state index is -0.00801. The van der Waals surface area contributed by atoms with Crippen LogP contribution in [0.4, 0.5) is 0 Å². The molecule has 1 N–H and O–H groups in total. The number of amides is 1. The number of thiophene rings is 1. The first-order valence-electron chi connectivity index (χ1n) is 5.68. The van der Waals surface area contributed by atoms with Gasteiger partial charge in [-0.25, -0.2) is 0 Å². The van der Waals surface area contributed by atoms with Crippen LogP contribution in [0.15, 0.2) is 41.8 Å². The lowest BCUT2D eigenvalue weighted by atomic mass is 10.1. The van der Waals surface area contributed by atoms with Crippen LogP contribution in [0.1, 0.15) is 20.8 Å². The van der Waals surface area contributed by atoms with E-state index < -0.39 is 0 Å². The monoisotopic (exact) mass is 277 g/mol. The second-order valence-corrected chi connectivity index (χ2v) is 5.79. The SMILES string of the molecule is CSCc1cccc(C(=O)NCc2cccs2)c1. The first kappa shape index (κ1) is 13.2. The molecule has 1 heterocycles. The zero-order valence-corrected chi connectivity index (χ0v) is 11.8. The molecule has 18 heavy (non-hydrogen) atoms. The number of carbonyl (C=O) groups is 1. The van der Waals surface area contributed by atoms with Crippen LogP contribution in [-0.2, 0) is 12.3 Å². The Morgan fingerprint density at radius 1 is 1.33 bits per heavy atom. The minimum absolute atomic E-state index is 0.00801. The standard InChI is InChI=1S/C14H15NOS2/c1-17-10-11-4-2-5-12(8-11)14(16)15-9-13-6-3-7-18-13/h2-8H,9-10H2,1H3,(H,15,16). The quantitative estimate of drug-likeness (QED) is 0.905. The summed E-state index contributed by atoms with van der Waals surface area (Å²) in [7, 11) is 0. The Bertz CT molecular complexity index is 508. The van der Waals surface area contributed by atoms with E-state index >= 15 is 0 Å². The fraction of sp³-hybridized carbons (Fsp3) is 0.214. The molecular formula is C14H15NOS2. The Labute approximate surface area is 115 Å². The molecule has 94 valence electrons. The fourth-order valence-electron chi connectivity index (χ4n) is 1.65. The number of hydrogen-bond acceptors (Lipinski definition) is 3. The number of rotatable bonds is 5. The topological polar surface area (TPSA) is 29.1 Å². The van der Waals surface area contributed by atoms with Gasteiger partial charge in [-0.05, 0) is 35.4 Å². The molecular weight excluding hydrogens is 262 g/mol. The molecule has 0 spiro atoms. The number of hydrogen-bond donors (Lipinski definition) is 1. The van der Waals surface area contributed by atoms with Gasteiger partial charge >= 0.3 is 0 Å². The molecule has 2 nitrogen and oxygen atoms in total. The van der Waals surface area contributed by atoms with Crippen LogP contribution in [0.25, 0.3) is 0 Å². The summed E-state index contributed by atoms with van der Waals surface area (Å²) in [6, 6.07) is 11.8. The lowest BCUT2D eigenvalue weighted by Crippen LogP contribution is -2.22. The van der Waals surface area contributed by atoms with Crippen LogP contribution in [-0.4, -0.2) is 12.2 Å². The van der Waals surface area contributed by atoms with Crippen molar-refractivity contribution < 1.29 is 4.79 Å². The summed E-state index contributed by atoms with van der Waals surface area (Å²) in [5.41, 5.74) is 1.92. The molecule has 0 aliphatic heterocycles. The van der Waals surface area contributed by atoms with Crippen molar-refractivity contribution in [1.29, 1.82) is 0 Å². The largest absolute Gasteiger partial charge is 0.347 e. The van der Waals surface area contributed by atoms with Crippen molar-refractivity contribution in [3.8, 4) is 0 Å². The first-order valence-corrected chi connectivity index (χ1v) is 7.95. The van der Waals surface area contributed by atoms with Gasteiger partial charge in [0, 0.05) is 16.2 Å². The summed E-state index contributed by atoms with van der Waals surface area (Å²) >= 11 is 3.41. The van der Waals surface area contributed by atoms with E-state index in [4.69, 9.17) is 0 Å². The van der Waals surface area contributed by atoms with Gasteiger partial charge in [0.05, 0.1) is 6.54 Å². The van der Waals surface area contributed by atoms with E-state index in [1.807, 2.05) is 41.8 Å². The summed E-state index contributed by atoms with van der Waals surface area (Å²) < 4.78 is 0. The third-order valence-corrected chi connectivity index (χ3v) is 4.00. The molecule has 0 fully saturated rings. The third-order valence-electron chi connectivity index (χ3n) is 2.50. The van der Waals surface area contributed by atoms with Crippen LogP contribution in [0.2, 0.25) is 0 Å². The minimum Gasteiger partial charge on any atom is -0.347 e. The first-order chi connectivity index (χ1) is 8.79. The second kappa shape index (κ2) is 6.61. The smallest absolute Gasteiger partial charge is 0.251 e. The van der Waals surface area contributed by atoms with Crippen LogP contribution in [0.5, 0.6) is 0 Å². The van der Waals surface area contributed by atoms with Crippen molar-refractivity contribution in [3.05, 3.63) is 57.8 Å². The molecule has 0 aliphatic carbocycles. The maximum atomic E-state index is 12.0. The zero-order valence-electron chi connectivity index (χ0n) is 10.2. The average Bonchev–Trinajstić information content (AvgIpc) is 2.90. The Morgan fingerprint density at radius 3 is 2.94 bits per heavy atom. The highest BCUT2D eigenvalue weighted by molar-refractivity contribution is 7.97. The van der Waals surface area contributed by atoms with Gasteiger partial charge in [-0.15, -0.1) is 11.3 Å². The lowest BCUT2D eigenvalue weighted by molar-refractivity contribution is 0.0951. The summed E-state index contributed by atoms with van der Waals surface area (Å²) in [6.45, 7) is 0.600. The Morgan fingerprint density at radius 2 is 2.22 bits per heavy atom. The van der Waals surface area contributed by atoms with Gasteiger partial charge in [-0.2, -0.15) is 11.8 Å². The van der Waals surface area contributed by atoms with Crippen LogP contribution in [0.3, 0.4) is 0 Å². The van der Waals surface area contributed by atoms with Gasteiger partial charge in [-0.1, -0.05) is 18.2 Å². The van der Waals surface area contributed by atoms with Crippen molar-refractivity contribution in [3.63, 3.8) is 0 Å². The number of benzene rings is 1. The van der Waals surface area contributed by atoms with Gasteiger partial charge < -0.3 is 5.32 Å². The Balaban J connectivity index is 1.97. The number of nitrogens with one attached hydrogen (secondary N) is 1. The summed E-state index contributed by atoms with van der Waals surface area (Å²) in [6.07, 6.45) is 2.06. The third kappa shape index (κ3) is 3.62. The maximum absolute atomic E-state index is 12.0. The molecule has 0 bridgehead atoms. The molecule has 1 aromatic heterocycles. The highest BCUT2D eigenvalue weighted by atomic mass is 32.2. The Hall–Kier alpha value is -1.26. The molecule has 2 rings (SSSR count). The van der Waals surface area contributed by atoms with E-state index in [0.717, 1.165) is 11.3 Å². The molecule has 2 aromatic rings. The molecule has 1 amide bonds. The molecule has 0 radical (unpaired) electrons. The number of thioether (sulfide) groups is 1. The van der Waals surface area contributed by atoms with Gasteiger partial charge in [0.15, 0.2) is 0 Å². The summed E-state index contributed by atoms with van der Waals surface area (Å²) in [5.74, 6) is 0.929. The lowest BCUT2D eigenvalue weighted by Gasteiger charge is -2.05. The van der Waals surface area contributed by atoms with Gasteiger partial charge in [0.2, 0.25) is 0 Å². The van der Waals surface area contributed by atoms with Gasteiger partial charge in [0.1, 0.15) is 0 Å². The van der Waals surface area contributed by atoms with E-state index in [-0.39, 0.29) is 5.91 Å². The average molecular weight is 277 g/mol. The van der Waals surface area contributed by atoms with Crippen molar-refractivity contribution in [1.82, 2.24) is 5.32 Å². The van der Waals surface area contributed by atoms with Crippen LogP contribution in [0, 0.1) is 0 Å². The van der Waals surface area contributed by atoms with E-state index in [2.05, 4.69) is 11.6 Å². The van der Waals surface area contributed by atoms with Gasteiger partial charge in [-0.3, -0.25) is 4.79 Å². The number of carbonyl (C=O) groups excluding carboxylic acids is 1. The van der Waals surface area contributed by atoms with Crippen molar-refractivity contribution >= 4 is 29.0 Å². The van der Waals surface area contributed by atoms with E-state index in [1.54, 1.807) is 23.1 Å². The second-order valence-electron chi connectivity index (χ2n) is 3.90. The van der Waals surface area contributed by atoms with Crippen LogP contribution >= 0.6 is 23.1 Å². The molecule has 0 aliphatic rings. The van der Waals surface area contributed by atoms with Crippen LogP contribution < -0.4 is 5.32 Å². The summed E-state index contributed by atoms with van der Waals surface area (Å²) in [4.78, 5) is 13.2. The maximum Gasteiger partial charge on any atom is 0.251 e. The highest BCUT2D eigenvalue weighted by Crippen LogP contribution is 2.12. The molecule has 4 heteroatoms. The zero-order chi connectivity index (χ0) is 12.8. The highest BCUT2D eigenvalue weighted by Gasteiger charge is 2.06. The Kier molecular flexibility index (Phi) is 4.84. The molecule has 0 atom stereocenters. The predicted octanol–water partition coefficient (Wildman–Crippen LogP) is 3.54. The molecule has 0 saturated carbocycles. The normalized spacial score (nSPS) is 10.3. The summed E-state index contributed by atoms with van der Waals surface area (Å²) in [5, 5.41) is 4.95. The van der Waals surface area contributed by atoms with E-state index in [0.29, 0.717) is 6.54 Å². The molecule has 1 aromatic carbocycles. The van der Waals surface area contributed by atoms with Crippen molar-refractivity contribution in [2.45, 2.75) is 12.3 Å². The van der Waals surface area contributed by atoms with Crippen molar-refractivity contribution in [2.24, 2.45) is 0 Å². The van der Waals surface area contributed by atoms with Crippen molar-refractivity contribution in [2.75, 3.05) is 6.26 Å². The predicted molar refractivity (Wildman–Crippen MR) is 79.2 cm³/mol. The molecule has 0 saturated heterocycles. The fourth-order valence-corrected chi connectivity index (χ4v) is 2.81. The van der Waals surface area contributed by atoms with E-state index in [9.17, 15) is 4.79 Å². The molecule has 0 unspecified atom stereocenters. The van der Waals surface area contributed by atoms with E-state index in [1.165, 1.54) is 10.4 Å². The van der Waals surface area contributed by atoms with Gasteiger partial charge in [0.25, 0.3) is 5.91 Å².